The van der Waals surface area contributed by atoms with Gasteiger partial charge in [0.2, 0.25) is 0 Å². The van der Waals surface area contributed by atoms with Gasteiger partial charge in [-0.15, -0.1) is 6.58 Å². The van der Waals surface area contributed by atoms with Gasteiger partial charge in [-0.2, -0.15) is 0 Å². The fraction of sp³-hybridized carbons (Fsp3) is 0.240. The number of hydrogen-bond donors (Lipinski definition) is 0. The van der Waals surface area contributed by atoms with Crippen molar-refractivity contribution in [2.24, 2.45) is 0 Å². The van der Waals surface area contributed by atoms with Gasteiger partial charge in [0.15, 0.2) is 11.5 Å². The molecule has 0 saturated carbocycles. The summed E-state index contributed by atoms with van der Waals surface area (Å²) in [5, 5.41) is 0.339. The summed E-state index contributed by atoms with van der Waals surface area (Å²) in [6, 6.07) is 7.74. The minimum absolute atomic E-state index is 0.182. The lowest BCUT2D eigenvalue weighted by molar-refractivity contribution is -0.148. The standard InChI is InChI=1S/C25H23Cl2NO6S/c1-5-6-17-9-16(12-21-23(29)28(25(31)35-21)14(2)24(30)33-4)11-20(32-3)22(17)34-13-15-7-8-18(26)19(27)10-15/h5,7-12,14H,1,6,13H2,2-4H3/b21-12+/t14-/m1/s1. The van der Waals surface area contributed by atoms with Crippen molar-refractivity contribution in [3.8, 4) is 11.5 Å². The molecule has 0 N–H and O–H groups in total. The SMILES string of the molecule is C=CCc1cc(/C=C2/SC(=O)N([C@H](C)C(=O)OC)C2=O)cc(OC)c1OCc1ccc(Cl)c(Cl)c1. The number of thioether (sulfide) groups is 1. The number of ether oxygens (including phenoxy) is 3. The number of carbonyl (C=O) groups excluding carboxylic acids is 3. The van der Waals surface area contributed by atoms with E-state index in [1.807, 2.05) is 12.1 Å². The van der Waals surface area contributed by atoms with Gasteiger partial charge in [-0.3, -0.25) is 14.5 Å². The molecular formula is C25H23Cl2NO6S. The highest BCUT2D eigenvalue weighted by atomic mass is 35.5. The van der Waals surface area contributed by atoms with E-state index in [2.05, 4.69) is 11.3 Å². The predicted molar refractivity (Wildman–Crippen MR) is 137 cm³/mol. The van der Waals surface area contributed by atoms with Crippen LogP contribution < -0.4 is 9.47 Å². The molecule has 10 heteroatoms. The van der Waals surface area contributed by atoms with Crippen LogP contribution in [0.2, 0.25) is 10.0 Å². The van der Waals surface area contributed by atoms with Crippen LogP contribution in [0.4, 0.5) is 4.79 Å². The van der Waals surface area contributed by atoms with Crippen molar-refractivity contribution in [2.45, 2.75) is 26.0 Å². The molecule has 35 heavy (non-hydrogen) atoms. The van der Waals surface area contributed by atoms with Crippen molar-refractivity contribution < 1.29 is 28.6 Å². The largest absolute Gasteiger partial charge is 0.493 e. The van der Waals surface area contributed by atoms with Gasteiger partial charge in [0, 0.05) is 5.56 Å². The molecular weight excluding hydrogens is 513 g/mol. The lowest BCUT2D eigenvalue weighted by Crippen LogP contribution is -2.42. The molecule has 0 radical (unpaired) electrons. The average molecular weight is 536 g/mol. The van der Waals surface area contributed by atoms with Crippen LogP contribution in [0.5, 0.6) is 11.5 Å². The van der Waals surface area contributed by atoms with Gasteiger partial charge < -0.3 is 14.2 Å². The molecule has 1 atom stereocenters. The summed E-state index contributed by atoms with van der Waals surface area (Å²) in [4.78, 5) is 38.2. The molecule has 0 spiro atoms. The van der Waals surface area contributed by atoms with E-state index in [0.717, 1.165) is 27.8 Å². The normalized spacial score (nSPS) is 15.3. The van der Waals surface area contributed by atoms with E-state index in [-0.39, 0.29) is 11.5 Å². The number of methoxy groups -OCH3 is 2. The van der Waals surface area contributed by atoms with Gasteiger partial charge in [0.25, 0.3) is 11.1 Å². The number of amides is 2. The number of carbonyl (C=O) groups is 3. The zero-order valence-corrected chi connectivity index (χ0v) is 21.6. The van der Waals surface area contributed by atoms with Crippen molar-refractivity contribution in [2.75, 3.05) is 14.2 Å². The Bertz CT molecular complexity index is 1210. The van der Waals surface area contributed by atoms with Crippen LogP contribution in [0.1, 0.15) is 23.6 Å². The summed E-state index contributed by atoms with van der Waals surface area (Å²) < 4.78 is 16.3. The van der Waals surface area contributed by atoms with E-state index >= 15 is 0 Å². The Hall–Kier alpha value is -2.94. The van der Waals surface area contributed by atoms with Crippen LogP contribution >= 0.6 is 35.0 Å². The molecule has 3 rings (SSSR count). The number of imide groups is 1. The first-order chi connectivity index (χ1) is 16.7. The van der Waals surface area contributed by atoms with Crippen LogP contribution in [0.25, 0.3) is 6.08 Å². The smallest absolute Gasteiger partial charge is 0.328 e. The monoisotopic (exact) mass is 535 g/mol. The van der Waals surface area contributed by atoms with Crippen LogP contribution in [0.3, 0.4) is 0 Å². The fourth-order valence-corrected chi connectivity index (χ4v) is 4.64. The topological polar surface area (TPSA) is 82.1 Å². The molecule has 184 valence electrons. The molecule has 0 aromatic heterocycles. The Morgan fingerprint density at radius 3 is 2.54 bits per heavy atom. The Labute approximate surface area is 217 Å². The van der Waals surface area contributed by atoms with Gasteiger partial charge in [-0.25, -0.2) is 4.79 Å². The fourth-order valence-electron chi connectivity index (χ4n) is 3.42. The van der Waals surface area contributed by atoms with Crippen molar-refractivity contribution in [3.05, 3.63) is 74.6 Å². The lowest BCUT2D eigenvalue weighted by Gasteiger charge is -2.18. The maximum Gasteiger partial charge on any atom is 0.328 e. The quantitative estimate of drug-likeness (QED) is 0.224. The zero-order chi connectivity index (χ0) is 25.7. The second-order valence-corrected chi connectivity index (χ2v) is 9.30. The van der Waals surface area contributed by atoms with Crippen LogP contribution in [0.15, 0.2) is 47.9 Å². The first kappa shape index (κ1) is 26.7. The number of allylic oxidation sites excluding steroid dienone is 1. The molecule has 1 heterocycles. The predicted octanol–water partition coefficient (Wildman–Crippen LogP) is 5.91. The molecule has 7 nitrogen and oxygen atoms in total. The van der Waals surface area contributed by atoms with E-state index in [1.165, 1.54) is 21.1 Å². The van der Waals surface area contributed by atoms with Gasteiger partial charge in [-0.1, -0.05) is 35.3 Å². The highest BCUT2D eigenvalue weighted by Crippen LogP contribution is 2.38. The first-order valence-corrected chi connectivity index (χ1v) is 12.0. The highest BCUT2D eigenvalue weighted by molar-refractivity contribution is 8.18. The van der Waals surface area contributed by atoms with Crippen molar-refractivity contribution in [1.29, 1.82) is 0 Å². The molecule has 0 unspecified atom stereocenters. The summed E-state index contributed by atoms with van der Waals surface area (Å²) in [5.41, 5.74) is 2.22. The summed E-state index contributed by atoms with van der Waals surface area (Å²) in [5.74, 6) is -0.282. The van der Waals surface area contributed by atoms with Crippen LogP contribution in [-0.4, -0.2) is 42.3 Å². The number of halogens is 2. The second kappa shape index (κ2) is 11.7. The number of nitrogens with zero attached hydrogens (tertiary/aromatic N) is 1. The van der Waals surface area contributed by atoms with Crippen molar-refractivity contribution in [3.63, 3.8) is 0 Å². The molecule has 2 amide bonds. The third-order valence-electron chi connectivity index (χ3n) is 5.16. The van der Waals surface area contributed by atoms with Crippen molar-refractivity contribution >= 4 is 58.2 Å². The van der Waals surface area contributed by atoms with Gasteiger partial charge in [0.1, 0.15) is 12.6 Å². The zero-order valence-electron chi connectivity index (χ0n) is 19.3. The maximum atomic E-state index is 12.8. The Morgan fingerprint density at radius 1 is 1.17 bits per heavy atom. The summed E-state index contributed by atoms with van der Waals surface area (Å²) in [7, 11) is 2.71. The second-order valence-electron chi connectivity index (χ2n) is 7.49. The number of hydrogen-bond acceptors (Lipinski definition) is 7. The molecule has 1 saturated heterocycles. The molecule has 0 bridgehead atoms. The summed E-state index contributed by atoms with van der Waals surface area (Å²) in [6.45, 7) is 5.47. The third-order valence-corrected chi connectivity index (χ3v) is 6.78. The number of benzene rings is 2. The Balaban J connectivity index is 1.92. The highest BCUT2D eigenvalue weighted by Gasteiger charge is 2.41. The number of rotatable bonds is 9. The minimum atomic E-state index is -1.03. The summed E-state index contributed by atoms with van der Waals surface area (Å²) >= 11 is 12.8. The molecule has 1 aliphatic heterocycles. The Kier molecular flexibility index (Phi) is 8.88. The van der Waals surface area contributed by atoms with Gasteiger partial charge in [-0.05, 0) is 66.6 Å². The van der Waals surface area contributed by atoms with Gasteiger partial charge in [0.05, 0.1) is 29.2 Å². The lowest BCUT2D eigenvalue weighted by atomic mass is 10.0. The van der Waals surface area contributed by atoms with Gasteiger partial charge >= 0.3 is 5.97 Å². The van der Waals surface area contributed by atoms with E-state index < -0.39 is 23.2 Å². The van der Waals surface area contributed by atoms with Crippen LogP contribution in [-0.2, 0) is 27.4 Å². The Morgan fingerprint density at radius 2 is 1.91 bits per heavy atom. The van der Waals surface area contributed by atoms with Crippen molar-refractivity contribution in [1.82, 2.24) is 4.90 Å². The first-order valence-electron chi connectivity index (χ1n) is 10.4. The van der Waals surface area contributed by atoms with Crippen LogP contribution in [0, 0.1) is 0 Å². The molecule has 2 aromatic carbocycles. The molecule has 1 fully saturated rings. The number of esters is 1. The van der Waals surface area contributed by atoms with E-state index in [1.54, 1.807) is 30.4 Å². The third kappa shape index (κ3) is 6.01. The maximum absolute atomic E-state index is 12.8. The summed E-state index contributed by atoms with van der Waals surface area (Å²) in [6.07, 6.45) is 3.76. The molecule has 0 aliphatic carbocycles. The van der Waals surface area contributed by atoms with E-state index in [9.17, 15) is 14.4 Å². The molecule has 2 aromatic rings. The minimum Gasteiger partial charge on any atom is -0.493 e. The molecule has 1 aliphatic rings. The van der Waals surface area contributed by atoms with E-state index in [4.69, 9.17) is 32.7 Å². The average Bonchev–Trinajstić information content (AvgIpc) is 3.11. The van der Waals surface area contributed by atoms with E-state index in [0.29, 0.717) is 33.5 Å².